The van der Waals surface area contributed by atoms with Crippen molar-refractivity contribution in [1.82, 2.24) is 19.6 Å². The minimum Gasteiger partial charge on any atom is -0.497 e. The summed E-state index contributed by atoms with van der Waals surface area (Å²) in [4.78, 5) is 17.4. The number of hydrogen-bond donors (Lipinski definition) is 1. The quantitative estimate of drug-likeness (QED) is 0.329. The number of para-hydroxylation sites is 1. The van der Waals surface area contributed by atoms with Crippen LogP contribution in [-0.2, 0) is 4.79 Å². The van der Waals surface area contributed by atoms with Crippen LogP contribution in [0.2, 0.25) is 0 Å². The summed E-state index contributed by atoms with van der Waals surface area (Å²) in [6.07, 6.45) is 0. The molecule has 0 aliphatic heterocycles. The van der Waals surface area contributed by atoms with Crippen LogP contribution < -0.4 is 10.1 Å². The van der Waals surface area contributed by atoms with Gasteiger partial charge in [-0.25, -0.2) is 4.98 Å². The first-order chi connectivity index (χ1) is 16.0. The van der Waals surface area contributed by atoms with Gasteiger partial charge in [0.15, 0.2) is 15.9 Å². The number of fused-ring (bicyclic) bond motifs is 3. The van der Waals surface area contributed by atoms with E-state index in [9.17, 15) is 4.79 Å². The van der Waals surface area contributed by atoms with E-state index in [-0.39, 0.29) is 11.2 Å². The molecule has 0 aliphatic carbocycles. The zero-order chi connectivity index (χ0) is 22.9. The summed E-state index contributed by atoms with van der Waals surface area (Å²) in [5.74, 6) is 0.654. The third-order valence-electron chi connectivity index (χ3n) is 5.35. The van der Waals surface area contributed by atoms with E-state index in [0.717, 1.165) is 39.1 Å². The number of aromatic nitrogens is 4. The number of nitrogens with one attached hydrogen (secondary N) is 1. The van der Waals surface area contributed by atoms with Crippen LogP contribution in [-0.4, -0.2) is 37.8 Å². The highest BCUT2D eigenvalue weighted by Gasteiger charge is 2.20. The van der Waals surface area contributed by atoms with Crippen molar-refractivity contribution in [2.45, 2.75) is 24.3 Å². The van der Waals surface area contributed by atoms with Gasteiger partial charge in [0.25, 0.3) is 0 Å². The molecule has 0 aliphatic rings. The molecule has 7 nitrogen and oxygen atoms in total. The zero-order valence-corrected chi connectivity index (χ0v) is 19.9. The van der Waals surface area contributed by atoms with Gasteiger partial charge < -0.3 is 10.1 Å². The highest BCUT2D eigenvalue weighted by molar-refractivity contribution is 8.00. The van der Waals surface area contributed by atoms with Crippen molar-refractivity contribution in [2.24, 2.45) is 0 Å². The van der Waals surface area contributed by atoms with E-state index >= 15 is 0 Å². The Bertz CT molecular complexity index is 1460. The van der Waals surface area contributed by atoms with Gasteiger partial charge in [0, 0.05) is 16.3 Å². The Hall–Kier alpha value is -3.43. The van der Waals surface area contributed by atoms with Gasteiger partial charge >= 0.3 is 0 Å². The summed E-state index contributed by atoms with van der Waals surface area (Å²) in [5.41, 5.74) is 4.71. The van der Waals surface area contributed by atoms with Gasteiger partial charge in [-0.2, -0.15) is 0 Å². The number of hydrogen-bond acceptors (Lipinski definition) is 7. The highest BCUT2D eigenvalue weighted by atomic mass is 32.2. The first-order valence-corrected chi connectivity index (χ1v) is 12.1. The molecule has 3 heterocycles. The molecule has 33 heavy (non-hydrogen) atoms. The number of aryl methyl sites for hydroxylation is 1. The number of thioether (sulfide) groups is 1. The normalized spacial score (nSPS) is 12.2. The Morgan fingerprint density at radius 3 is 2.73 bits per heavy atom. The number of thiazole rings is 1. The van der Waals surface area contributed by atoms with Gasteiger partial charge in [-0.15, -0.1) is 21.5 Å². The second-order valence-electron chi connectivity index (χ2n) is 7.54. The smallest absolute Gasteiger partial charge is 0.239 e. The zero-order valence-electron chi connectivity index (χ0n) is 18.3. The van der Waals surface area contributed by atoms with E-state index in [1.54, 1.807) is 7.11 Å². The molecule has 3 aromatic heterocycles. The average Bonchev–Trinajstić information content (AvgIpc) is 3.46. The lowest BCUT2D eigenvalue weighted by molar-refractivity contribution is -0.115. The third-order valence-corrected chi connectivity index (χ3v) is 7.15. The van der Waals surface area contributed by atoms with Crippen molar-refractivity contribution in [2.75, 3.05) is 12.4 Å². The van der Waals surface area contributed by atoms with E-state index < -0.39 is 0 Å². The molecule has 0 bridgehead atoms. The number of carbonyl (C=O) groups excluding carboxylic acids is 1. The van der Waals surface area contributed by atoms with Gasteiger partial charge in [0.1, 0.15) is 5.75 Å². The van der Waals surface area contributed by atoms with Gasteiger partial charge in [-0.3, -0.25) is 9.20 Å². The maximum Gasteiger partial charge on any atom is 0.239 e. The second kappa shape index (κ2) is 8.84. The summed E-state index contributed by atoms with van der Waals surface area (Å²) < 4.78 is 7.20. The summed E-state index contributed by atoms with van der Waals surface area (Å²) >= 11 is 2.77. The molecule has 1 atom stereocenters. The molecular formula is C24H21N5O2S2. The number of ether oxygens (including phenoxy) is 1. The van der Waals surface area contributed by atoms with Crippen molar-refractivity contribution in [3.63, 3.8) is 0 Å². The second-order valence-corrected chi connectivity index (χ2v) is 9.70. The van der Waals surface area contributed by atoms with Crippen molar-refractivity contribution < 1.29 is 9.53 Å². The number of pyridine rings is 1. The Morgan fingerprint density at radius 2 is 1.94 bits per heavy atom. The van der Waals surface area contributed by atoms with Crippen LogP contribution >= 0.6 is 23.1 Å². The lowest BCUT2D eigenvalue weighted by Crippen LogP contribution is -2.22. The number of nitrogens with zero attached hydrogens (tertiary/aromatic N) is 4. The Kier molecular flexibility index (Phi) is 5.74. The molecule has 1 amide bonds. The number of anilines is 1. The SMILES string of the molecule is COc1ccc(-c2csc(NC(=O)C(C)Sc3nnc4cc(C)c5ccccc5n34)n2)cc1. The van der Waals surface area contributed by atoms with Gasteiger partial charge in [-0.1, -0.05) is 30.0 Å². The third kappa shape index (κ3) is 4.17. The molecule has 1 unspecified atom stereocenters. The molecule has 9 heteroatoms. The lowest BCUT2D eigenvalue weighted by Gasteiger charge is -2.11. The topological polar surface area (TPSA) is 81.4 Å². The predicted octanol–water partition coefficient (Wildman–Crippen LogP) is 5.44. The minimum atomic E-state index is -0.384. The first kappa shape index (κ1) is 21.4. The predicted molar refractivity (Wildman–Crippen MR) is 133 cm³/mol. The molecule has 0 saturated carbocycles. The molecule has 5 rings (SSSR count). The lowest BCUT2D eigenvalue weighted by atomic mass is 10.1. The van der Waals surface area contributed by atoms with Gasteiger partial charge in [0.2, 0.25) is 5.91 Å². The summed E-state index contributed by atoms with van der Waals surface area (Å²) in [6.45, 7) is 3.92. The van der Waals surface area contributed by atoms with Crippen molar-refractivity contribution in [3.05, 3.63) is 65.5 Å². The van der Waals surface area contributed by atoms with Crippen LogP contribution in [0.1, 0.15) is 12.5 Å². The Labute approximate surface area is 198 Å². The van der Waals surface area contributed by atoms with E-state index in [4.69, 9.17) is 4.74 Å². The van der Waals surface area contributed by atoms with Crippen LogP contribution in [0.3, 0.4) is 0 Å². The van der Waals surface area contributed by atoms with Crippen LogP contribution in [0.25, 0.3) is 27.8 Å². The van der Waals surface area contributed by atoms with Crippen LogP contribution in [0, 0.1) is 6.92 Å². The summed E-state index contributed by atoms with van der Waals surface area (Å²) in [7, 11) is 1.64. The summed E-state index contributed by atoms with van der Waals surface area (Å²) in [6, 6.07) is 17.8. The Morgan fingerprint density at radius 1 is 1.15 bits per heavy atom. The van der Waals surface area contributed by atoms with Crippen molar-refractivity contribution in [3.8, 4) is 17.0 Å². The number of benzene rings is 2. The fourth-order valence-electron chi connectivity index (χ4n) is 3.60. The fourth-order valence-corrected chi connectivity index (χ4v) is 5.19. The Balaban J connectivity index is 1.33. The van der Waals surface area contributed by atoms with Crippen molar-refractivity contribution >= 4 is 50.7 Å². The van der Waals surface area contributed by atoms with E-state index in [0.29, 0.717) is 10.3 Å². The maximum absolute atomic E-state index is 12.9. The molecule has 2 aromatic carbocycles. The van der Waals surface area contributed by atoms with E-state index in [2.05, 4.69) is 33.5 Å². The van der Waals surface area contributed by atoms with E-state index in [1.165, 1.54) is 23.1 Å². The monoisotopic (exact) mass is 475 g/mol. The van der Waals surface area contributed by atoms with Crippen LogP contribution in [0.4, 0.5) is 5.13 Å². The van der Waals surface area contributed by atoms with Gasteiger partial charge in [-0.05, 0) is 55.8 Å². The maximum atomic E-state index is 12.9. The average molecular weight is 476 g/mol. The van der Waals surface area contributed by atoms with Gasteiger partial charge in [0.05, 0.1) is 23.6 Å². The molecule has 1 N–H and O–H groups in total. The standard InChI is InChI=1S/C24H21N5O2S2/c1-14-12-21-27-28-24(29(21)20-7-5-4-6-18(14)20)33-15(2)22(30)26-23-25-19(13-32-23)16-8-10-17(31-3)11-9-16/h4-13,15H,1-3H3,(H,25,26,30). The molecule has 0 fully saturated rings. The number of rotatable bonds is 6. The molecule has 0 radical (unpaired) electrons. The van der Waals surface area contributed by atoms with Crippen LogP contribution in [0.5, 0.6) is 5.75 Å². The molecule has 0 spiro atoms. The molecular weight excluding hydrogens is 454 g/mol. The van der Waals surface area contributed by atoms with Crippen molar-refractivity contribution in [1.29, 1.82) is 0 Å². The summed E-state index contributed by atoms with van der Waals surface area (Å²) in [5, 5.41) is 15.5. The fraction of sp³-hybridized carbons (Fsp3) is 0.167. The highest BCUT2D eigenvalue weighted by Crippen LogP contribution is 2.30. The number of amides is 1. The largest absolute Gasteiger partial charge is 0.497 e. The first-order valence-electron chi connectivity index (χ1n) is 10.3. The number of carbonyl (C=O) groups is 1. The molecule has 0 saturated heterocycles. The minimum absolute atomic E-state index is 0.135. The number of methoxy groups -OCH3 is 1. The molecule has 166 valence electrons. The van der Waals surface area contributed by atoms with E-state index in [1.807, 2.05) is 65.2 Å². The van der Waals surface area contributed by atoms with Crippen LogP contribution in [0.15, 0.2) is 65.1 Å². The molecule has 5 aromatic rings.